The molecule has 5 rings (SSSR count). The molecule has 0 fully saturated rings. The second kappa shape index (κ2) is 7.20. The standard InChI is InChI=1S/C20H16ClN9/c1-29-25-11-16(28-29)14-6-7-15-19(26-14)30(13-4-2-12(10-21)3-5-13)20(27-15)17-18(22)24-9-8-23-17/h2-9,11H,10H2,1H3,(H2,22,24)/i11D. The Bertz CT molecular complexity index is 1410. The van der Waals surface area contributed by atoms with Crippen LogP contribution in [0.5, 0.6) is 0 Å². The first-order chi connectivity index (χ1) is 15.0. The van der Waals surface area contributed by atoms with Gasteiger partial charge in [0, 0.05) is 31.0 Å². The lowest BCUT2D eigenvalue weighted by Gasteiger charge is -2.10. The van der Waals surface area contributed by atoms with E-state index in [9.17, 15) is 0 Å². The number of nitrogen functional groups attached to an aromatic ring is 1. The van der Waals surface area contributed by atoms with Crippen molar-refractivity contribution >= 4 is 28.6 Å². The molecule has 0 bridgehead atoms. The van der Waals surface area contributed by atoms with Crippen molar-refractivity contribution in [2.45, 2.75) is 5.88 Å². The first-order valence-electron chi connectivity index (χ1n) is 9.55. The van der Waals surface area contributed by atoms with Crippen LogP contribution in [0.25, 0.3) is 39.8 Å². The zero-order valence-electron chi connectivity index (χ0n) is 16.9. The molecule has 0 amide bonds. The molecule has 0 atom stereocenters. The highest BCUT2D eigenvalue weighted by Gasteiger charge is 2.20. The number of benzene rings is 1. The Labute approximate surface area is 177 Å². The second-order valence-corrected chi connectivity index (χ2v) is 6.82. The van der Waals surface area contributed by atoms with Gasteiger partial charge in [-0.15, -0.1) is 11.6 Å². The largest absolute Gasteiger partial charge is 0.382 e. The number of rotatable bonds is 4. The normalized spacial score (nSPS) is 11.7. The van der Waals surface area contributed by atoms with Gasteiger partial charge in [-0.1, -0.05) is 12.1 Å². The molecule has 1 aromatic carbocycles. The van der Waals surface area contributed by atoms with E-state index in [-0.39, 0.29) is 12.0 Å². The average Bonchev–Trinajstić information content (AvgIpc) is 3.32. The van der Waals surface area contributed by atoms with Gasteiger partial charge in [-0.25, -0.2) is 19.9 Å². The SMILES string of the molecule is [2H]c1nn(C)nc1-c1ccc2nc(-c3nccnc3N)n(-c3ccc(CCl)cc3)c2n1. The molecule has 30 heavy (non-hydrogen) atoms. The van der Waals surface area contributed by atoms with E-state index in [1.807, 2.05) is 34.9 Å². The Kier molecular flexibility index (Phi) is 4.09. The van der Waals surface area contributed by atoms with Gasteiger partial charge in [-0.3, -0.25) is 4.57 Å². The quantitative estimate of drug-likeness (QED) is 0.446. The zero-order valence-corrected chi connectivity index (χ0v) is 16.6. The first kappa shape index (κ1) is 17.0. The minimum Gasteiger partial charge on any atom is -0.382 e. The molecule has 4 aromatic heterocycles. The summed E-state index contributed by atoms with van der Waals surface area (Å²) in [6, 6.07) is 11.3. The van der Waals surface area contributed by atoms with Crippen LogP contribution in [0.3, 0.4) is 0 Å². The maximum absolute atomic E-state index is 8.06. The summed E-state index contributed by atoms with van der Waals surface area (Å²) in [6.07, 6.45) is 3.14. The number of hydrogen-bond acceptors (Lipinski definition) is 7. The minimum atomic E-state index is 0.0466. The molecule has 0 aliphatic rings. The zero-order chi connectivity index (χ0) is 21.5. The Balaban J connectivity index is 1.80. The summed E-state index contributed by atoms with van der Waals surface area (Å²) in [7, 11) is 1.66. The van der Waals surface area contributed by atoms with E-state index >= 15 is 0 Å². The van der Waals surface area contributed by atoms with Crippen molar-refractivity contribution in [2.24, 2.45) is 7.05 Å². The van der Waals surface area contributed by atoms with Crippen LogP contribution in [0.15, 0.2) is 55.0 Å². The highest BCUT2D eigenvalue weighted by molar-refractivity contribution is 6.17. The molecule has 9 nitrogen and oxygen atoms in total. The third-order valence-corrected chi connectivity index (χ3v) is 4.89. The fourth-order valence-electron chi connectivity index (χ4n) is 3.17. The summed E-state index contributed by atoms with van der Waals surface area (Å²) in [5, 5.41) is 8.25. The van der Waals surface area contributed by atoms with Crippen LogP contribution in [0.2, 0.25) is 0 Å². The van der Waals surface area contributed by atoms with Gasteiger partial charge in [0.05, 0.1) is 13.2 Å². The lowest BCUT2D eigenvalue weighted by Crippen LogP contribution is -2.04. The topological polar surface area (TPSA) is 113 Å². The molecular formula is C20H16ClN9. The Hall–Kier alpha value is -3.85. The molecule has 0 aliphatic heterocycles. The molecule has 0 aliphatic carbocycles. The smallest absolute Gasteiger partial charge is 0.169 e. The van der Waals surface area contributed by atoms with Crippen molar-refractivity contribution in [3.05, 3.63) is 60.5 Å². The van der Waals surface area contributed by atoms with E-state index in [2.05, 4.69) is 20.2 Å². The van der Waals surface area contributed by atoms with Crippen molar-refractivity contribution in [3.63, 3.8) is 0 Å². The van der Waals surface area contributed by atoms with Crippen molar-refractivity contribution < 1.29 is 1.37 Å². The predicted octanol–water partition coefficient (Wildman–Crippen LogP) is 2.99. The van der Waals surface area contributed by atoms with Gasteiger partial charge >= 0.3 is 0 Å². The number of aryl methyl sites for hydroxylation is 1. The average molecular weight is 419 g/mol. The van der Waals surface area contributed by atoms with Gasteiger partial charge in [-0.05, 0) is 29.8 Å². The fraction of sp³-hybridized carbons (Fsp3) is 0.100. The number of fused-ring (bicyclic) bond motifs is 1. The third-order valence-electron chi connectivity index (χ3n) is 4.58. The summed E-state index contributed by atoms with van der Waals surface area (Å²) in [4.78, 5) is 19.4. The van der Waals surface area contributed by atoms with Gasteiger partial charge in [0.1, 0.15) is 16.9 Å². The molecule has 2 N–H and O–H groups in total. The summed E-state index contributed by atoms with van der Waals surface area (Å²) >= 11 is 5.95. The Morgan fingerprint density at radius 2 is 1.83 bits per heavy atom. The number of aromatic nitrogens is 8. The Morgan fingerprint density at radius 1 is 1.03 bits per heavy atom. The molecule has 0 spiro atoms. The number of anilines is 1. The lowest BCUT2D eigenvalue weighted by molar-refractivity contribution is 0.655. The summed E-state index contributed by atoms with van der Waals surface area (Å²) in [5.74, 6) is 1.18. The highest BCUT2D eigenvalue weighted by atomic mass is 35.5. The summed E-state index contributed by atoms with van der Waals surface area (Å²) in [6.45, 7) is 0. The predicted molar refractivity (Wildman–Crippen MR) is 114 cm³/mol. The number of nitrogens with zero attached hydrogens (tertiary/aromatic N) is 8. The van der Waals surface area contributed by atoms with E-state index in [1.54, 1.807) is 19.3 Å². The number of halogens is 1. The van der Waals surface area contributed by atoms with E-state index in [4.69, 9.17) is 28.7 Å². The maximum Gasteiger partial charge on any atom is 0.169 e. The van der Waals surface area contributed by atoms with E-state index < -0.39 is 0 Å². The minimum absolute atomic E-state index is 0.0466. The number of hydrogen-bond donors (Lipinski definition) is 1. The molecule has 4 heterocycles. The number of nitrogens with two attached hydrogens (primary N) is 1. The van der Waals surface area contributed by atoms with E-state index in [1.165, 1.54) is 11.0 Å². The van der Waals surface area contributed by atoms with Crippen LogP contribution in [0, 0.1) is 0 Å². The van der Waals surface area contributed by atoms with Crippen LogP contribution >= 0.6 is 11.6 Å². The number of alkyl halides is 1. The monoisotopic (exact) mass is 418 g/mol. The van der Waals surface area contributed by atoms with Crippen molar-refractivity contribution in [2.75, 3.05) is 5.73 Å². The van der Waals surface area contributed by atoms with Crippen LogP contribution in [-0.4, -0.2) is 39.5 Å². The molecule has 0 saturated heterocycles. The van der Waals surface area contributed by atoms with Gasteiger partial charge in [0.25, 0.3) is 0 Å². The fourth-order valence-corrected chi connectivity index (χ4v) is 3.34. The van der Waals surface area contributed by atoms with Gasteiger partial charge in [0.15, 0.2) is 17.3 Å². The maximum atomic E-state index is 8.06. The summed E-state index contributed by atoms with van der Waals surface area (Å²) < 4.78 is 9.92. The van der Waals surface area contributed by atoms with Crippen LogP contribution in [0.1, 0.15) is 6.93 Å². The van der Waals surface area contributed by atoms with Crippen molar-refractivity contribution in [1.29, 1.82) is 0 Å². The molecule has 0 saturated carbocycles. The lowest BCUT2D eigenvalue weighted by atomic mass is 10.2. The highest BCUT2D eigenvalue weighted by Crippen LogP contribution is 2.30. The van der Waals surface area contributed by atoms with E-state index in [0.717, 1.165) is 11.3 Å². The molecule has 0 radical (unpaired) electrons. The van der Waals surface area contributed by atoms with Crippen LogP contribution in [0.4, 0.5) is 5.82 Å². The van der Waals surface area contributed by atoms with Crippen LogP contribution < -0.4 is 5.73 Å². The van der Waals surface area contributed by atoms with Gasteiger partial charge in [-0.2, -0.15) is 15.0 Å². The Morgan fingerprint density at radius 3 is 2.53 bits per heavy atom. The third kappa shape index (κ3) is 3.05. The van der Waals surface area contributed by atoms with Crippen molar-refractivity contribution in [1.82, 2.24) is 39.5 Å². The first-order valence-corrected chi connectivity index (χ1v) is 9.58. The summed E-state index contributed by atoms with van der Waals surface area (Å²) in [5.41, 5.74) is 10.5. The molecule has 148 valence electrons. The number of imidazole rings is 1. The van der Waals surface area contributed by atoms with Crippen molar-refractivity contribution in [3.8, 4) is 28.6 Å². The second-order valence-electron chi connectivity index (χ2n) is 6.55. The molecule has 10 heteroatoms. The van der Waals surface area contributed by atoms with Crippen LogP contribution in [-0.2, 0) is 12.9 Å². The molecular weight excluding hydrogens is 402 g/mol. The molecule has 5 aromatic rings. The van der Waals surface area contributed by atoms with E-state index in [0.29, 0.717) is 40.0 Å². The van der Waals surface area contributed by atoms with Gasteiger partial charge < -0.3 is 5.73 Å². The van der Waals surface area contributed by atoms with Gasteiger partial charge in [0.2, 0.25) is 0 Å². The molecule has 0 unspecified atom stereocenters. The number of pyridine rings is 1.